The quantitative estimate of drug-likeness (QED) is 0.237. The Bertz CT molecular complexity index is 1460. The first kappa shape index (κ1) is 27.6. The van der Waals surface area contributed by atoms with E-state index in [1.165, 1.54) is 47.0 Å². The Morgan fingerprint density at radius 3 is 2.62 bits per heavy atom. The molecule has 3 aromatic rings. The molecule has 5 rings (SSSR count). The zero-order valence-electron chi connectivity index (χ0n) is 21.9. The fourth-order valence-electron chi connectivity index (χ4n) is 4.56. The lowest BCUT2D eigenvalue weighted by molar-refractivity contribution is -0.274. The van der Waals surface area contributed by atoms with E-state index in [2.05, 4.69) is 44.9 Å². The summed E-state index contributed by atoms with van der Waals surface area (Å²) in [6.07, 6.45) is 3.02. The monoisotopic (exact) mass is 568 g/mol. The molecule has 1 fully saturated rings. The molecule has 2 heterocycles. The van der Waals surface area contributed by atoms with Crippen molar-refractivity contribution < 1.29 is 22.7 Å². The summed E-state index contributed by atoms with van der Waals surface area (Å²) >= 11 is 1.39. The van der Waals surface area contributed by atoms with Gasteiger partial charge in [0.2, 0.25) is 5.91 Å². The lowest BCUT2D eigenvalue weighted by Gasteiger charge is -2.21. The Balaban J connectivity index is 1.22. The van der Waals surface area contributed by atoms with Crippen LogP contribution >= 0.6 is 11.8 Å². The van der Waals surface area contributed by atoms with Gasteiger partial charge in [-0.25, -0.2) is 9.67 Å². The molecule has 1 aliphatic heterocycles. The molecule has 2 aromatic carbocycles. The van der Waals surface area contributed by atoms with Crippen LogP contribution in [0.2, 0.25) is 0 Å². The van der Waals surface area contributed by atoms with E-state index >= 15 is 0 Å². The lowest BCUT2D eigenvalue weighted by Crippen LogP contribution is -2.30. The van der Waals surface area contributed by atoms with Crippen molar-refractivity contribution in [3.63, 3.8) is 0 Å². The molecule has 1 aliphatic carbocycles. The molecular weight excluding hydrogens is 541 g/mol. The third-order valence-electron chi connectivity index (χ3n) is 6.55. The van der Waals surface area contributed by atoms with Gasteiger partial charge in [-0.05, 0) is 72.6 Å². The van der Waals surface area contributed by atoms with Crippen molar-refractivity contribution in [3.05, 3.63) is 72.3 Å². The van der Waals surface area contributed by atoms with Gasteiger partial charge in [-0.3, -0.25) is 9.69 Å². The van der Waals surface area contributed by atoms with Gasteiger partial charge >= 0.3 is 6.36 Å². The molecule has 1 atom stereocenters. The largest absolute Gasteiger partial charge is 0.573 e. The zero-order chi connectivity index (χ0) is 28.3. The van der Waals surface area contributed by atoms with E-state index in [4.69, 9.17) is 0 Å². The number of amidine groups is 1. The zero-order valence-corrected chi connectivity index (χ0v) is 22.7. The van der Waals surface area contributed by atoms with Crippen LogP contribution in [0.3, 0.4) is 0 Å². The Hall–Kier alpha value is -3.93. The van der Waals surface area contributed by atoms with Gasteiger partial charge in [0.15, 0.2) is 11.0 Å². The average molecular weight is 569 g/mol. The predicted octanol–water partition coefficient (Wildman–Crippen LogP) is 6.59. The van der Waals surface area contributed by atoms with Crippen molar-refractivity contribution in [3.8, 4) is 11.4 Å². The summed E-state index contributed by atoms with van der Waals surface area (Å²) in [6, 6.07) is 13.3. The number of anilines is 1. The number of hydrogen-bond donors (Lipinski definition) is 0. The molecule has 0 spiro atoms. The first-order valence-electron chi connectivity index (χ1n) is 12.8. The Morgan fingerprint density at radius 2 is 1.93 bits per heavy atom. The highest BCUT2D eigenvalue weighted by molar-refractivity contribution is 8.15. The smallest absolute Gasteiger partial charge is 0.406 e. The molecule has 8 nitrogen and oxygen atoms in total. The number of amides is 1. The van der Waals surface area contributed by atoms with Crippen molar-refractivity contribution >= 4 is 40.3 Å². The minimum atomic E-state index is -4.74. The van der Waals surface area contributed by atoms with Crippen LogP contribution in [0.15, 0.2) is 71.1 Å². The molecule has 1 amide bonds. The third kappa shape index (κ3) is 6.44. The molecule has 40 heavy (non-hydrogen) atoms. The van der Waals surface area contributed by atoms with Crippen molar-refractivity contribution in [1.29, 1.82) is 0 Å². The summed E-state index contributed by atoms with van der Waals surface area (Å²) in [7, 11) is 0. The normalized spacial score (nSPS) is 19.2. The number of thioether (sulfide) groups is 1. The van der Waals surface area contributed by atoms with Gasteiger partial charge in [0.1, 0.15) is 12.1 Å². The van der Waals surface area contributed by atoms with Crippen molar-refractivity contribution in [2.75, 3.05) is 10.7 Å². The van der Waals surface area contributed by atoms with Crippen LogP contribution < -0.4 is 9.64 Å². The first-order chi connectivity index (χ1) is 19.2. The number of alkyl halides is 3. The maximum absolute atomic E-state index is 12.7. The maximum Gasteiger partial charge on any atom is 0.573 e. The molecule has 0 radical (unpaired) electrons. The Kier molecular flexibility index (Phi) is 8.06. The van der Waals surface area contributed by atoms with Gasteiger partial charge in [0.05, 0.1) is 17.1 Å². The standard InChI is InChI=1S/C28H27F3N6O2S/c1-18(2)23-5-3-4-6-24(23)37-25(38)16-40-27(37)34-33-15-19-7-9-20(10-8-19)26-32-17-36(35-26)21-11-13-22(14-12-21)39-28(29,30)31/h3-6,9,11-15,17-19H,7-8,10,16H2,1-2H3. The number of hydrogen-bond acceptors (Lipinski definition) is 7. The van der Waals surface area contributed by atoms with Crippen molar-refractivity contribution in [2.45, 2.75) is 45.4 Å². The molecule has 1 aromatic heterocycles. The van der Waals surface area contributed by atoms with Gasteiger partial charge in [0.25, 0.3) is 0 Å². The highest BCUT2D eigenvalue weighted by atomic mass is 32.2. The molecule has 12 heteroatoms. The molecule has 0 saturated carbocycles. The van der Waals surface area contributed by atoms with Gasteiger partial charge in [-0.1, -0.05) is 49.9 Å². The molecule has 2 aliphatic rings. The molecule has 0 bridgehead atoms. The SMILES string of the molecule is CC(C)c1ccccc1N1C(=O)CSC1=NN=CC1CC=C(c2ncn(-c3ccc(OC(F)(F)F)cc3)n2)CC1. The molecular formula is C28H27F3N6O2S. The van der Waals surface area contributed by atoms with Crippen molar-refractivity contribution in [2.24, 2.45) is 16.1 Å². The maximum atomic E-state index is 12.7. The van der Waals surface area contributed by atoms with E-state index in [9.17, 15) is 18.0 Å². The van der Waals surface area contributed by atoms with Crippen LogP contribution in [0.1, 0.15) is 50.4 Å². The fourth-order valence-corrected chi connectivity index (χ4v) is 5.37. The number of carbonyl (C=O) groups is 1. The van der Waals surface area contributed by atoms with Crippen LogP contribution in [-0.4, -0.2) is 44.2 Å². The highest BCUT2D eigenvalue weighted by Crippen LogP contribution is 2.33. The number of allylic oxidation sites excluding steroid dienone is 2. The number of para-hydroxylation sites is 1. The lowest BCUT2D eigenvalue weighted by atomic mass is 9.90. The van der Waals surface area contributed by atoms with Crippen LogP contribution in [-0.2, 0) is 4.79 Å². The summed E-state index contributed by atoms with van der Waals surface area (Å²) in [6.45, 7) is 4.20. The van der Waals surface area contributed by atoms with E-state index in [1.807, 2.05) is 30.5 Å². The van der Waals surface area contributed by atoms with Gasteiger partial charge in [0, 0.05) is 6.21 Å². The summed E-state index contributed by atoms with van der Waals surface area (Å²) in [4.78, 5) is 18.7. The number of carbonyl (C=O) groups excluding carboxylic acids is 1. The van der Waals surface area contributed by atoms with E-state index in [0.717, 1.165) is 36.1 Å². The Morgan fingerprint density at radius 1 is 1.15 bits per heavy atom. The average Bonchev–Trinajstić information content (AvgIpc) is 3.56. The Labute approximate surface area is 233 Å². The minimum Gasteiger partial charge on any atom is -0.406 e. The highest BCUT2D eigenvalue weighted by Gasteiger charge is 2.32. The van der Waals surface area contributed by atoms with Gasteiger partial charge in [-0.2, -0.15) is 5.10 Å². The second-order valence-corrected chi connectivity index (χ2v) is 10.6. The topological polar surface area (TPSA) is 85.0 Å². The van der Waals surface area contributed by atoms with Crippen molar-refractivity contribution in [1.82, 2.24) is 14.8 Å². The summed E-state index contributed by atoms with van der Waals surface area (Å²) in [5.74, 6) is 1.07. The number of rotatable bonds is 7. The summed E-state index contributed by atoms with van der Waals surface area (Å²) in [5.41, 5.74) is 3.51. The second-order valence-electron chi connectivity index (χ2n) is 9.70. The van der Waals surface area contributed by atoms with Crippen LogP contribution in [0.5, 0.6) is 5.75 Å². The van der Waals surface area contributed by atoms with Gasteiger partial charge < -0.3 is 4.74 Å². The predicted molar refractivity (Wildman–Crippen MR) is 150 cm³/mol. The summed E-state index contributed by atoms with van der Waals surface area (Å²) in [5, 5.41) is 13.8. The fraction of sp³-hybridized carbons (Fsp3) is 0.321. The van der Waals surface area contributed by atoms with Crippen LogP contribution in [0.4, 0.5) is 18.9 Å². The number of benzene rings is 2. The van der Waals surface area contributed by atoms with Gasteiger partial charge in [-0.15, -0.1) is 23.4 Å². The molecule has 1 unspecified atom stereocenters. The second kappa shape index (κ2) is 11.7. The molecule has 208 valence electrons. The number of halogens is 3. The minimum absolute atomic E-state index is 0.00480. The van der Waals surface area contributed by atoms with E-state index in [1.54, 1.807) is 4.90 Å². The van der Waals surface area contributed by atoms with E-state index in [-0.39, 0.29) is 23.5 Å². The van der Waals surface area contributed by atoms with E-state index in [0.29, 0.717) is 22.4 Å². The van der Waals surface area contributed by atoms with Crippen LogP contribution in [0.25, 0.3) is 11.3 Å². The van der Waals surface area contributed by atoms with E-state index < -0.39 is 6.36 Å². The molecule has 1 saturated heterocycles. The number of nitrogens with zero attached hydrogens (tertiary/aromatic N) is 6. The number of ether oxygens (including phenoxy) is 1. The number of aromatic nitrogens is 3. The first-order valence-corrected chi connectivity index (χ1v) is 13.8. The van der Waals surface area contributed by atoms with Crippen LogP contribution in [0, 0.1) is 5.92 Å². The molecule has 0 N–H and O–H groups in total. The summed E-state index contributed by atoms with van der Waals surface area (Å²) < 4.78 is 42.6. The third-order valence-corrected chi connectivity index (χ3v) is 7.46.